The van der Waals surface area contributed by atoms with Gasteiger partial charge in [-0.2, -0.15) is 17.5 Å². The van der Waals surface area contributed by atoms with Gasteiger partial charge in [0.15, 0.2) is 17.4 Å². The minimum atomic E-state index is -4.97. The van der Waals surface area contributed by atoms with Crippen LogP contribution in [0.3, 0.4) is 0 Å². The number of phenols is 1. The Morgan fingerprint density at radius 1 is 1.20 bits per heavy atom. The number of alkyl halides is 3. The molecule has 3 heterocycles. The first-order valence-electron chi connectivity index (χ1n) is 12.3. The molecule has 0 spiro atoms. The normalized spacial score (nSPS) is 16.9. The highest BCUT2D eigenvalue weighted by molar-refractivity contribution is 7.88. The number of fused-ring (bicyclic) bond motifs is 1. The topological polar surface area (TPSA) is 116 Å². The molecule has 1 aliphatic rings. The molecule has 4 aromatic rings. The summed E-state index contributed by atoms with van der Waals surface area (Å²) in [5, 5.41) is 15.8. The molecule has 10 nitrogen and oxygen atoms in total. The average Bonchev–Trinajstić information content (AvgIpc) is 3.29. The molecule has 2 N–H and O–H groups in total. The Balaban J connectivity index is 1.60. The number of hydrogen-bond acceptors (Lipinski definition) is 8. The van der Waals surface area contributed by atoms with Crippen LogP contribution in [0.2, 0.25) is 5.02 Å². The third-order valence-corrected chi connectivity index (χ3v) is 8.48. The Hall–Kier alpha value is -3.69. The number of anilines is 2. The van der Waals surface area contributed by atoms with Gasteiger partial charge in [-0.05, 0) is 18.1 Å². The molecular formula is C25H24ClF4N7O3S. The van der Waals surface area contributed by atoms with Crippen LogP contribution in [0.25, 0.3) is 16.7 Å². The summed E-state index contributed by atoms with van der Waals surface area (Å²) in [6.45, 7) is 0.648. The molecule has 1 atom stereocenters. The number of aromatic hydroxyl groups is 1. The van der Waals surface area contributed by atoms with E-state index < -0.39 is 44.0 Å². The summed E-state index contributed by atoms with van der Waals surface area (Å²) >= 11 is 5.59. The Morgan fingerprint density at radius 2 is 1.90 bits per heavy atom. The number of nitrogens with one attached hydrogen (secondary N) is 1. The Bertz CT molecular complexity index is 1720. The largest absolute Gasteiger partial charge is 0.504 e. The van der Waals surface area contributed by atoms with Crippen LogP contribution in [0.1, 0.15) is 11.1 Å². The van der Waals surface area contributed by atoms with Crippen LogP contribution < -0.4 is 10.2 Å². The molecule has 0 amide bonds. The van der Waals surface area contributed by atoms with Gasteiger partial charge in [-0.25, -0.2) is 27.5 Å². The van der Waals surface area contributed by atoms with Crippen molar-refractivity contribution in [1.82, 2.24) is 24.1 Å². The SMILES string of the molecule is CNc1nn(-c2cc(C(F)(F)F)c(Cl)c(O)c2F)c2cnc(N3CCN(S(C)(=O)=O)C[C@H]3Cc3ccccc3)nc12. The lowest BCUT2D eigenvalue weighted by Gasteiger charge is -2.40. The number of halogens is 5. The zero-order valence-electron chi connectivity index (χ0n) is 21.7. The van der Waals surface area contributed by atoms with Crippen molar-refractivity contribution in [2.75, 3.05) is 43.2 Å². The summed E-state index contributed by atoms with van der Waals surface area (Å²) in [4.78, 5) is 10.9. The van der Waals surface area contributed by atoms with Gasteiger partial charge >= 0.3 is 6.18 Å². The standard InChI is InChI=1S/C25H24ClF4N7O3S/c1-31-23-21-18(37(34-23)17-11-16(25(28,29)30)19(26)22(38)20(17)27)12-32-24(33-21)36-9-8-35(41(2,39)40)13-15(36)10-14-6-4-3-5-7-14/h3-7,11-12,15,38H,8-10,13H2,1-2H3,(H,31,34)/t15-/m1/s1. The summed E-state index contributed by atoms with van der Waals surface area (Å²) in [7, 11) is -1.95. The highest BCUT2D eigenvalue weighted by atomic mass is 35.5. The van der Waals surface area contributed by atoms with Crippen molar-refractivity contribution in [2.45, 2.75) is 18.6 Å². The molecule has 5 rings (SSSR count). The van der Waals surface area contributed by atoms with Gasteiger partial charge in [0.2, 0.25) is 16.0 Å². The van der Waals surface area contributed by atoms with E-state index in [0.29, 0.717) is 12.5 Å². The first-order valence-corrected chi connectivity index (χ1v) is 14.5. The second-order valence-corrected chi connectivity index (χ2v) is 11.9. The van der Waals surface area contributed by atoms with Crippen molar-refractivity contribution >= 4 is 44.4 Å². The minimum Gasteiger partial charge on any atom is -0.504 e. The predicted octanol–water partition coefficient (Wildman–Crippen LogP) is 4.07. The zero-order valence-corrected chi connectivity index (χ0v) is 23.3. The van der Waals surface area contributed by atoms with E-state index in [9.17, 15) is 26.7 Å². The van der Waals surface area contributed by atoms with Gasteiger partial charge in [0.05, 0.1) is 23.0 Å². The van der Waals surface area contributed by atoms with Crippen molar-refractivity contribution in [1.29, 1.82) is 0 Å². The quantitative estimate of drug-likeness (QED) is 0.313. The van der Waals surface area contributed by atoms with Gasteiger partial charge in [0, 0.05) is 32.7 Å². The monoisotopic (exact) mass is 613 g/mol. The van der Waals surface area contributed by atoms with E-state index in [1.807, 2.05) is 35.2 Å². The number of benzene rings is 2. The van der Waals surface area contributed by atoms with Gasteiger partial charge in [-0.1, -0.05) is 41.9 Å². The van der Waals surface area contributed by atoms with Gasteiger partial charge < -0.3 is 15.3 Å². The van der Waals surface area contributed by atoms with E-state index in [4.69, 9.17) is 11.6 Å². The van der Waals surface area contributed by atoms with E-state index in [1.54, 1.807) is 0 Å². The van der Waals surface area contributed by atoms with Crippen LogP contribution >= 0.6 is 11.6 Å². The van der Waals surface area contributed by atoms with Crippen LogP contribution in [-0.2, 0) is 22.6 Å². The van der Waals surface area contributed by atoms with E-state index in [0.717, 1.165) is 16.5 Å². The first-order chi connectivity index (χ1) is 19.3. The lowest BCUT2D eigenvalue weighted by molar-refractivity contribution is -0.137. The summed E-state index contributed by atoms with van der Waals surface area (Å²) < 4.78 is 82.6. The maximum Gasteiger partial charge on any atom is 0.418 e. The molecule has 16 heteroatoms. The average molecular weight is 614 g/mol. The van der Waals surface area contributed by atoms with Crippen molar-refractivity contribution in [3.8, 4) is 11.4 Å². The van der Waals surface area contributed by atoms with Gasteiger partial charge in [-0.15, -0.1) is 5.10 Å². The molecule has 0 bridgehead atoms. The van der Waals surface area contributed by atoms with E-state index in [1.165, 1.54) is 17.5 Å². The van der Waals surface area contributed by atoms with Crippen LogP contribution in [0.15, 0.2) is 42.6 Å². The number of nitrogens with zero attached hydrogens (tertiary/aromatic N) is 6. The molecule has 0 saturated carbocycles. The second kappa shape index (κ2) is 10.6. The second-order valence-electron chi connectivity index (χ2n) is 9.49. The van der Waals surface area contributed by atoms with Crippen molar-refractivity contribution in [2.24, 2.45) is 0 Å². The van der Waals surface area contributed by atoms with Gasteiger partial charge in [-0.3, -0.25) is 0 Å². The Labute approximate surface area is 237 Å². The summed E-state index contributed by atoms with van der Waals surface area (Å²) in [5.74, 6) is -2.42. The molecule has 218 valence electrons. The third kappa shape index (κ3) is 5.48. The van der Waals surface area contributed by atoms with Crippen LogP contribution in [0, 0.1) is 5.82 Å². The van der Waals surface area contributed by atoms with Crippen molar-refractivity contribution < 1.29 is 31.1 Å². The summed E-state index contributed by atoms with van der Waals surface area (Å²) in [6.07, 6.45) is -2.05. The van der Waals surface area contributed by atoms with Crippen LogP contribution in [0.4, 0.5) is 29.3 Å². The molecule has 0 radical (unpaired) electrons. The Morgan fingerprint density at radius 3 is 2.54 bits per heavy atom. The molecule has 1 aliphatic heterocycles. The van der Waals surface area contributed by atoms with Crippen LogP contribution in [0.5, 0.6) is 5.75 Å². The molecular weight excluding hydrogens is 590 g/mol. The summed E-state index contributed by atoms with van der Waals surface area (Å²) in [5.41, 5.74) is -0.940. The number of aromatic nitrogens is 4. The van der Waals surface area contributed by atoms with Crippen molar-refractivity contribution in [3.63, 3.8) is 0 Å². The fourth-order valence-corrected chi connectivity index (χ4v) is 5.91. The van der Waals surface area contributed by atoms with E-state index in [-0.39, 0.29) is 48.5 Å². The smallest absolute Gasteiger partial charge is 0.418 e. The van der Waals surface area contributed by atoms with Gasteiger partial charge in [0.1, 0.15) is 16.7 Å². The number of rotatable bonds is 6. The number of phenolic OH excluding ortho intramolecular Hbond substituents is 1. The molecule has 0 unspecified atom stereocenters. The first kappa shape index (κ1) is 28.8. The molecule has 41 heavy (non-hydrogen) atoms. The molecule has 0 aliphatic carbocycles. The zero-order chi connectivity index (χ0) is 29.7. The number of piperazine rings is 1. The maximum absolute atomic E-state index is 15.0. The van der Waals surface area contributed by atoms with Crippen LogP contribution in [-0.4, -0.2) is 76.6 Å². The van der Waals surface area contributed by atoms with E-state index in [2.05, 4.69) is 20.4 Å². The maximum atomic E-state index is 15.0. The summed E-state index contributed by atoms with van der Waals surface area (Å²) in [6, 6.07) is 9.60. The lowest BCUT2D eigenvalue weighted by Crippen LogP contribution is -2.56. The fourth-order valence-electron chi connectivity index (χ4n) is 4.81. The molecule has 2 aromatic heterocycles. The number of hydrogen-bond donors (Lipinski definition) is 2. The lowest BCUT2D eigenvalue weighted by atomic mass is 10.0. The van der Waals surface area contributed by atoms with E-state index >= 15 is 4.39 Å². The Kier molecular flexibility index (Phi) is 7.46. The fraction of sp³-hybridized carbons (Fsp3) is 0.320. The van der Waals surface area contributed by atoms with Gasteiger partial charge in [0.25, 0.3) is 0 Å². The molecule has 2 aromatic carbocycles. The highest BCUT2D eigenvalue weighted by Crippen LogP contribution is 2.43. The molecule has 1 saturated heterocycles. The third-order valence-electron chi connectivity index (χ3n) is 6.82. The minimum absolute atomic E-state index is 0.0567. The highest BCUT2D eigenvalue weighted by Gasteiger charge is 2.37. The van der Waals surface area contributed by atoms with Crippen molar-refractivity contribution in [3.05, 3.63) is 64.6 Å². The molecule has 1 fully saturated rings. The predicted molar refractivity (Wildman–Crippen MR) is 146 cm³/mol. The number of sulfonamides is 1.